The summed E-state index contributed by atoms with van der Waals surface area (Å²) in [6, 6.07) is 0.162. The monoisotopic (exact) mass is 272 g/mol. The van der Waals surface area contributed by atoms with Crippen molar-refractivity contribution in [3.8, 4) is 0 Å². The Kier molecular flexibility index (Phi) is 5.77. The van der Waals surface area contributed by atoms with Crippen molar-refractivity contribution in [2.24, 2.45) is 0 Å². The SMILES string of the molecule is CCCC[C@H](CC)Nc1nc(Cl)ncc1[N+](=O)[O-]. The van der Waals surface area contributed by atoms with E-state index in [1.165, 1.54) is 0 Å². The van der Waals surface area contributed by atoms with E-state index in [0.717, 1.165) is 31.9 Å². The lowest BCUT2D eigenvalue weighted by atomic mass is 10.1. The quantitative estimate of drug-likeness (QED) is 0.467. The van der Waals surface area contributed by atoms with Crippen molar-refractivity contribution in [3.05, 3.63) is 21.6 Å². The minimum Gasteiger partial charge on any atom is -0.361 e. The number of nitrogens with one attached hydrogen (secondary N) is 1. The van der Waals surface area contributed by atoms with Crippen LogP contribution in [0.25, 0.3) is 0 Å². The Hall–Kier alpha value is -1.43. The third-order valence-corrected chi connectivity index (χ3v) is 2.86. The van der Waals surface area contributed by atoms with Crippen molar-refractivity contribution in [2.75, 3.05) is 5.32 Å². The van der Waals surface area contributed by atoms with Gasteiger partial charge in [-0.1, -0.05) is 26.7 Å². The van der Waals surface area contributed by atoms with Gasteiger partial charge in [0.1, 0.15) is 6.20 Å². The van der Waals surface area contributed by atoms with Crippen LogP contribution in [-0.4, -0.2) is 20.9 Å². The maximum absolute atomic E-state index is 10.9. The van der Waals surface area contributed by atoms with Gasteiger partial charge in [-0.15, -0.1) is 0 Å². The van der Waals surface area contributed by atoms with E-state index in [1.807, 2.05) is 6.92 Å². The molecule has 1 aromatic heterocycles. The molecule has 0 aliphatic carbocycles. The van der Waals surface area contributed by atoms with Crippen LogP contribution in [0.4, 0.5) is 11.5 Å². The standard InChI is InChI=1S/C11H17ClN4O2/c1-3-5-6-8(4-2)14-10-9(16(17)18)7-13-11(12)15-10/h7-8H,3-6H2,1-2H3,(H,13,14,15)/t8-/m0/s1. The highest BCUT2D eigenvalue weighted by atomic mass is 35.5. The Morgan fingerprint density at radius 2 is 2.28 bits per heavy atom. The summed E-state index contributed by atoms with van der Waals surface area (Å²) in [5.41, 5.74) is -0.144. The van der Waals surface area contributed by atoms with E-state index in [2.05, 4.69) is 22.2 Å². The zero-order valence-corrected chi connectivity index (χ0v) is 11.3. The Morgan fingerprint density at radius 1 is 1.56 bits per heavy atom. The van der Waals surface area contributed by atoms with Crippen molar-refractivity contribution >= 4 is 23.1 Å². The van der Waals surface area contributed by atoms with Gasteiger partial charge in [-0.05, 0) is 24.4 Å². The first-order valence-corrected chi connectivity index (χ1v) is 6.39. The summed E-state index contributed by atoms with van der Waals surface area (Å²) in [5, 5.41) is 13.9. The highest BCUT2D eigenvalue weighted by molar-refractivity contribution is 6.28. The average molecular weight is 273 g/mol. The van der Waals surface area contributed by atoms with E-state index < -0.39 is 4.92 Å². The molecule has 0 radical (unpaired) electrons. The third-order valence-electron chi connectivity index (χ3n) is 2.68. The minimum atomic E-state index is -0.509. The molecule has 1 atom stereocenters. The Bertz CT molecular complexity index is 414. The first-order chi connectivity index (χ1) is 8.58. The second-order valence-corrected chi connectivity index (χ2v) is 4.36. The molecule has 100 valence electrons. The van der Waals surface area contributed by atoms with Crippen LogP contribution in [0.3, 0.4) is 0 Å². The Labute approximate surface area is 111 Å². The highest BCUT2D eigenvalue weighted by Crippen LogP contribution is 2.24. The van der Waals surface area contributed by atoms with E-state index in [-0.39, 0.29) is 22.8 Å². The summed E-state index contributed by atoms with van der Waals surface area (Å²) in [6.45, 7) is 4.14. The van der Waals surface area contributed by atoms with Crippen LogP contribution in [0.1, 0.15) is 39.5 Å². The molecule has 0 spiro atoms. The number of aromatic nitrogens is 2. The first-order valence-electron chi connectivity index (χ1n) is 6.01. The fourth-order valence-electron chi connectivity index (χ4n) is 1.62. The molecule has 0 amide bonds. The average Bonchev–Trinajstić information content (AvgIpc) is 2.34. The van der Waals surface area contributed by atoms with E-state index in [0.29, 0.717) is 0 Å². The van der Waals surface area contributed by atoms with Crippen LogP contribution in [0, 0.1) is 10.1 Å². The van der Waals surface area contributed by atoms with Gasteiger partial charge in [0.05, 0.1) is 4.92 Å². The number of hydrogen-bond donors (Lipinski definition) is 1. The van der Waals surface area contributed by atoms with Gasteiger partial charge in [0.15, 0.2) is 0 Å². The Balaban J connectivity index is 2.86. The predicted molar refractivity (Wildman–Crippen MR) is 70.9 cm³/mol. The number of nitrogens with zero attached hydrogens (tertiary/aromatic N) is 3. The molecule has 1 heterocycles. The summed E-state index contributed by atoms with van der Waals surface area (Å²) in [5.74, 6) is 0.197. The summed E-state index contributed by atoms with van der Waals surface area (Å²) in [7, 11) is 0. The molecule has 18 heavy (non-hydrogen) atoms. The van der Waals surface area contributed by atoms with Gasteiger partial charge in [0.25, 0.3) is 0 Å². The van der Waals surface area contributed by atoms with Gasteiger partial charge < -0.3 is 5.32 Å². The lowest BCUT2D eigenvalue weighted by molar-refractivity contribution is -0.384. The summed E-state index contributed by atoms with van der Waals surface area (Å²) < 4.78 is 0. The van der Waals surface area contributed by atoms with Crippen molar-refractivity contribution in [2.45, 2.75) is 45.6 Å². The maximum atomic E-state index is 10.9. The van der Waals surface area contributed by atoms with Gasteiger partial charge in [0, 0.05) is 6.04 Å². The van der Waals surface area contributed by atoms with Crippen LogP contribution in [-0.2, 0) is 0 Å². The largest absolute Gasteiger partial charge is 0.361 e. The van der Waals surface area contributed by atoms with E-state index in [1.54, 1.807) is 0 Å². The number of rotatable bonds is 7. The molecule has 6 nitrogen and oxygen atoms in total. The number of halogens is 1. The number of anilines is 1. The summed E-state index contributed by atoms with van der Waals surface area (Å²) >= 11 is 5.67. The smallest absolute Gasteiger partial charge is 0.329 e. The number of hydrogen-bond acceptors (Lipinski definition) is 5. The molecule has 1 rings (SSSR count). The number of unbranched alkanes of at least 4 members (excludes halogenated alkanes) is 1. The zero-order chi connectivity index (χ0) is 13.5. The van der Waals surface area contributed by atoms with E-state index in [4.69, 9.17) is 11.6 Å². The lowest BCUT2D eigenvalue weighted by Crippen LogP contribution is -2.20. The van der Waals surface area contributed by atoms with Crippen molar-refractivity contribution in [1.29, 1.82) is 0 Å². The molecule has 7 heteroatoms. The molecule has 0 unspecified atom stereocenters. The second-order valence-electron chi connectivity index (χ2n) is 4.02. The second kappa shape index (κ2) is 7.10. The molecule has 0 saturated carbocycles. The molecule has 1 N–H and O–H groups in total. The maximum Gasteiger partial charge on any atom is 0.329 e. The summed E-state index contributed by atoms with van der Waals surface area (Å²) in [4.78, 5) is 17.9. The van der Waals surface area contributed by atoms with Gasteiger partial charge >= 0.3 is 5.69 Å². The fourth-order valence-corrected chi connectivity index (χ4v) is 1.75. The van der Waals surface area contributed by atoms with Crippen molar-refractivity contribution in [3.63, 3.8) is 0 Å². The molecular formula is C11H17ClN4O2. The molecular weight excluding hydrogens is 256 g/mol. The topological polar surface area (TPSA) is 81.0 Å². The van der Waals surface area contributed by atoms with Crippen molar-refractivity contribution in [1.82, 2.24) is 9.97 Å². The molecule has 0 bridgehead atoms. The van der Waals surface area contributed by atoms with Gasteiger partial charge in [-0.2, -0.15) is 4.98 Å². The van der Waals surface area contributed by atoms with E-state index >= 15 is 0 Å². The lowest BCUT2D eigenvalue weighted by Gasteiger charge is -2.16. The van der Waals surface area contributed by atoms with Gasteiger partial charge in [0.2, 0.25) is 11.1 Å². The van der Waals surface area contributed by atoms with Crippen LogP contribution in [0.5, 0.6) is 0 Å². The molecule has 0 saturated heterocycles. The van der Waals surface area contributed by atoms with Gasteiger partial charge in [-0.3, -0.25) is 10.1 Å². The van der Waals surface area contributed by atoms with Gasteiger partial charge in [-0.25, -0.2) is 4.98 Å². The minimum absolute atomic E-state index is 0.00782. The van der Waals surface area contributed by atoms with Crippen LogP contribution >= 0.6 is 11.6 Å². The van der Waals surface area contributed by atoms with Crippen molar-refractivity contribution < 1.29 is 4.92 Å². The highest BCUT2D eigenvalue weighted by Gasteiger charge is 2.19. The molecule has 0 fully saturated rings. The zero-order valence-electron chi connectivity index (χ0n) is 10.5. The molecule has 1 aromatic rings. The van der Waals surface area contributed by atoms with Crippen LogP contribution in [0.2, 0.25) is 5.28 Å². The first kappa shape index (κ1) is 14.6. The third kappa shape index (κ3) is 4.10. The Morgan fingerprint density at radius 3 is 2.83 bits per heavy atom. The van der Waals surface area contributed by atoms with E-state index in [9.17, 15) is 10.1 Å². The fraction of sp³-hybridized carbons (Fsp3) is 0.636. The normalized spacial score (nSPS) is 12.2. The predicted octanol–water partition coefficient (Wildman–Crippen LogP) is 3.42. The summed E-state index contributed by atoms with van der Waals surface area (Å²) in [6.07, 6.45) is 5.11. The van der Waals surface area contributed by atoms with Crippen LogP contribution < -0.4 is 5.32 Å². The number of nitro groups is 1. The molecule has 0 aromatic carbocycles. The molecule has 0 aliphatic rings. The molecule has 0 aliphatic heterocycles. The van der Waals surface area contributed by atoms with Crippen LogP contribution in [0.15, 0.2) is 6.20 Å².